The van der Waals surface area contributed by atoms with Crippen LogP contribution in [0.4, 0.5) is 18.9 Å². The molecule has 0 bridgehead atoms. The van der Waals surface area contributed by atoms with Crippen LogP contribution in [0.25, 0.3) is 11.4 Å². The monoisotopic (exact) mass is 381 g/mol. The van der Waals surface area contributed by atoms with E-state index in [1.54, 1.807) is 24.3 Å². The van der Waals surface area contributed by atoms with E-state index in [0.717, 1.165) is 16.9 Å². The third-order valence-corrected chi connectivity index (χ3v) is 3.57. The van der Waals surface area contributed by atoms with Crippen molar-refractivity contribution in [3.8, 4) is 11.4 Å². The second kappa shape index (κ2) is 7.12. The first-order valence-corrected chi connectivity index (χ1v) is 7.70. The highest BCUT2D eigenvalue weighted by molar-refractivity contribution is 6.30. The second-order valence-corrected chi connectivity index (χ2v) is 5.71. The molecule has 2 aromatic carbocycles. The van der Waals surface area contributed by atoms with Gasteiger partial charge in [-0.2, -0.15) is 18.0 Å². The van der Waals surface area contributed by atoms with Crippen LogP contribution in [0.1, 0.15) is 5.56 Å². The quantitative estimate of drug-likeness (QED) is 0.748. The molecule has 0 atom stereocenters. The van der Waals surface area contributed by atoms with E-state index < -0.39 is 17.6 Å². The summed E-state index contributed by atoms with van der Waals surface area (Å²) in [5.41, 5.74) is -0.117. The molecule has 1 aromatic heterocycles. The van der Waals surface area contributed by atoms with Crippen LogP contribution in [0.5, 0.6) is 0 Å². The number of hydrogen-bond acceptors (Lipinski definition) is 4. The molecule has 0 fully saturated rings. The van der Waals surface area contributed by atoms with Crippen LogP contribution >= 0.6 is 11.6 Å². The molecule has 10 heteroatoms. The summed E-state index contributed by atoms with van der Waals surface area (Å²) in [5.74, 6) is -0.421. The largest absolute Gasteiger partial charge is 0.416 e. The van der Waals surface area contributed by atoms with Gasteiger partial charge in [0, 0.05) is 16.3 Å². The van der Waals surface area contributed by atoms with Gasteiger partial charge in [-0.05, 0) is 41.6 Å². The highest BCUT2D eigenvalue weighted by Gasteiger charge is 2.30. The maximum Gasteiger partial charge on any atom is 0.416 e. The fourth-order valence-electron chi connectivity index (χ4n) is 2.12. The topological polar surface area (TPSA) is 72.7 Å². The molecule has 0 spiro atoms. The standard InChI is InChI=1S/C16H11ClF3N5O/c17-12-4-6-13(7-5-12)21-14(26)9-25-23-15(22-24-25)10-2-1-3-11(8-10)16(18,19)20/h1-8H,9H2,(H,21,26). The van der Waals surface area contributed by atoms with Gasteiger partial charge in [-0.15, -0.1) is 10.2 Å². The molecular weight excluding hydrogens is 371 g/mol. The Hall–Kier alpha value is -2.94. The highest BCUT2D eigenvalue weighted by atomic mass is 35.5. The average molecular weight is 382 g/mol. The van der Waals surface area contributed by atoms with Crippen molar-refractivity contribution in [3.05, 3.63) is 59.1 Å². The summed E-state index contributed by atoms with van der Waals surface area (Å²) in [6, 6.07) is 11.1. The van der Waals surface area contributed by atoms with Crippen molar-refractivity contribution >= 4 is 23.2 Å². The lowest BCUT2D eigenvalue weighted by Gasteiger charge is -2.06. The van der Waals surface area contributed by atoms with Gasteiger partial charge in [-0.25, -0.2) is 0 Å². The number of carbonyl (C=O) groups is 1. The Kier molecular flexibility index (Phi) is 4.90. The third-order valence-electron chi connectivity index (χ3n) is 3.31. The van der Waals surface area contributed by atoms with E-state index in [4.69, 9.17) is 11.6 Å². The average Bonchev–Trinajstić information content (AvgIpc) is 3.05. The number of rotatable bonds is 4. The molecule has 1 heterocycles. The van der Waals surface area contributed by atoms with Crippen molar-refractivity contribution in [2.24, 2.45) is 0 Å². The van der Waals surface area contributed by atoms with Crippen molar-refractivity contribution in [2.75, 3.05) is 5.32 Å². The predicted molar refractivity (Wildman–Crippen MR) is 88.3 cm³/mol. The molecule has 0 aliphatic heterocycles. The van der Waals surface area contributed by atoms with E-state index in [9.17, 15) is 18.0 Å². The summed E-state index contributed by atoms with van der Waals surface area (Å²) < 4.78 is 38.3. The number of alkyl halides is 3. The minimum atomic E-state index is -4.47. The normalized spacial score (nSPS) is 11.4. The molecule has 0 radical (unpaired) electrons. The summed E-state index contributed by atoms with van der Waals surface area (Å²) in [6.45, 7) is -0.241. The van der Waals surface area contributed by atoms with E-state index in [0.29, 0.717) is 10.7 Å². The number of nitrogens with zero attached hydrogens (tertiary/aromatic N) is 4. The lowest BCUT2D eigenvalue weighted by atomic mass is 10.1. The van der Waals surface area contributed by atoms with E-state index in [1.165, 1.54) is 12.1 Å². The Morgan fingerprint density at radius 2 is 1.88 bits per heavy atom. The summed E-state index contributed by atoms with van der Waals surface area (Å²) in [7, 11) is 0. The van der Waals surface area contributed by atoms with Crippen LogP contribution in [0, 0.1) is 0 Å². The van der Waals surface area contributed by atoms with E-state index >= 15 is 0 Å². The summed E-state index contributed by atoms with van der Waals surface area (Å²) in [5, 5.41) is 14.5. The van der Waals surface area contributed by atoms with Gasteiger partial charge in [0.2, 0.25) is 11.7 Å². The van der Waals surface area contributed by atoms with Gasteiger partial charge in [0.1, 0.15) is 6.54 Å². The number of hydrogen-bond donors (Lipinski definition) is 1. The molecule has 0 aliphatic rings. The van der Waals surface area contributed by atoms with Crippen molar-refractivity contribution in [1.29, 1.82) is 0 Å². The number of carbonyl (C=O) groups excluding carboxylic acids is 1. The Morgan fingerprint density at radius 1 is 1.15 bits per heavy atom. The zero-order chi connectivity index (χ0) is 18.7. The minimum Gasteiger partial charge on any atom is -0.324 e. The number of aromatic nitrogens is 4. The SMILES string of the molecule is O=C(Cn1nnc(-c2cccc(C(F)(F)F)c2)n1)Nc1ccc(Cl)cc1. The molecule has 1 amide bonds. The first-order valence-electron chi connectivity index (χ1n) is 7.32. The van der Waals surface area contributed by atoms with E-state index in [2.05, 4.69) is 20.7 Å². The summed E-state index contributed by atoms with van der Waals surface area (Å²) in [4.78, 5) is 13.0. The molecule has 0 saturated carbocycles. The van der Waals surface area contributed by atoms with Gasteiger partial charge in [0.25, 0.3) is 0 Å². The number of tetrazole rings is 1. The molecule has 26 heavy (non-hydrogen) atoms. The second-order valence-electron chi connectivity index (χ2n) is 5.28. The number of nitrogens with one attached hydrogen (secondary N) is 1. The smallest absolute Gasteiger partial charge is 0.324 e. The molecule has 3 aromatic rings. The van der Waals surface area contributed by atoms with Gasteiger partial charge in [0.15, 0.2) is 0 Å². The molecule has 1 N–H and O–H groups in total. The number of halogens is 4. The molecule has 3 rings (SSSR count). The van der Waals surface area contributed by atoms with Crippen LogP contribution in [-0.2, 0) is 17.5 Å². The number of amides is 1. The van der Waals surface area contributed by atoms with Gasteiger partial charge >= 0.3 is 6.18 Å². The minimum absolute atomic E-state index is 0.00427. The first kappa shape index (κ1) is 17.9. The lowest BCUT2D eigenvalue weighted by molar-refractivity contribution is -0.137. The Bertz CT molecular complexity index is 924. The number of benzene rings is 2. The lowest BCUT2D eigenvalue weighted by Crippen LogP contribution is -2.20. The first-order chi connectivity index (χ1) is 12.3. The zero-order valence-corrected chi connectivity index (χ0v) is 13.8. The predicted octanol–water partition coefficient (Wildman–Crippen LogP) is 3.65. The van der Waals surface area contributed by atoms with Crippen LogP contribution in [0.15, 0.2) is 48.5 Å². The van der Waals surface area contributed by atoms with Crippen molar-refractivity contribution < 1.29 is 18.0 Å². The van der Waals surface area contributed by atoms with Crippen molar-refractivity contribution in [1.82, 2.24) is 20.2 Å². The maximum absolute atomic E-state index is 12.8. The van der Waals surface area contributed by atoms with Gasteiger partial charge in [0.05, 0.1) is 5.56 Å². The van der Waals surface area contributed by atoms with E-state index in [-0.39, 0.29) is 17.9 Å². The van der Waals surface area contributed by atoms with Crippen molar-refractivity contribution in [3.63, 3.8) is 0 Å². The van der Waals surface area contributed by atoms with Crippen LogP contribution in [0.2, 0.25) is 5.02 Å². The van der Waals surface area contributed by atoms with Crippen LogP contribution in [0.3, 0.4) is 0 Å². The molecule has 6 nitrogen and oxygen atoms in total. The Morgan fingerprint density at radius 3 is 2.58 bits per heavy atom. The van der Waals surface area contributed by atoms with E-state index in [1.807, 2.05) is 0 Å². The summed E-state index contributed by atoms with van der Waals surface area (Å²) in [6.07, 6.45) is -4.47. The van der Waals surface area contributed by atoms with Gasteiger partial charge < -0.3 is 5.32 Å². The molecule has 0 unspecified atom stereocenters. The zero-order valence-electron chi connectivity index (χ0n) is 13.0. The van der Waals surface area contributed by atoms with Crippen LogP contribution in [-0.4, -0.2) is 26.1 Å². The maximum atomic E-state index is 12.8. The highest BCUT2D eigenvalue weighted by Crippen LogP contribution is 2.31. The molecule has 0 saturated heterocycles. The molecule has 0 aliphatic carbocycles. The Balaban J connectivity index is 1.70. The van der Waals surface area contributed by atoms with Crippen LogP contribution < -0.4 is 5.32 Å². The van der Waals surface area contributed by atoms with Gasteiger partial charge in [-0.1, -0.05) is 23.7 Å². The fraction of sp³-hybridized carbons (Fsp3) is 0.125. The fourth-order valence-corrected chi connectivity index (χ4v) is 2.25. The molecular formula is C16H11ClF3N5O. The van der Waals surface area contributed by atoms with Crippen molar-refractivity contribution in [2.45, 2.75) is 12.7 Å². The Labute approximate surface area is 150 Å². The molecule has 134 valence electrons. The number of anilines is 1. The third kappa shape index (κ3) is 4.37. The summed E-state index contributed by atoms with van der Waals surface area (Å²) >= 11 is 5.76. The van der Waals surface area contributed by atoms with Gasteiger partial charge in [-0.3, -0.25) is 4.79 Å².